The molecule has 0 bridgehead atoms. The molecule has 3 aromatic rings. The summed E-state index contributed by atoms with van der Waals surface area (Å²) >= 11 is 6.39. The third kappa shape index (κ3) is 4.31. The molecule has 0 aliphatic carbocycles. The Morgan fingerprint density at radius 3 is 2.68 bits per heavy atom. The smallest absolute Gasteiger partial charge is 0.410 e. The summed E-state index contributed by atoms with van der Waals surface area (Å²) in [6.45, 7) is 8.31. The number of benzene rings is 1. The van der Waals surface area contributed by atoms with Crippen LogP contribution in [0, 0.1) is 0 Å². The highest BCUT2D eigenvalue weighted by atomic mass is 35.5. The van der Waals surface area contributed by atoms with E-state index in [9.17, 15) is 9.59 Å². The van der Waals surface area contributed by atoms with Gasteiger partial charge in [-0.2, -0.15) is 0 Å². The van der Waals surface area contributed by atoms with Gasteiger partial charge in [0, 0.05) is 5.69 Å². The average molecular weight is 445 g/mol. The van der Waals surface area contributed by atoms with Gasteiger partial charge in [-0.05, 0) is 51.5 Å². The van der Waals surface area contributed by atoms with Crippen LogP contribution in [0.3, 0.4) is 0 Å². The number of halogens is 1. The number of morpholine rings is 1. The Kier molecular flexibility index (Phi) is 5.53. The molecule has 9 heteroatoms. The van der Waals surface area contributed by atoms with Crippen LogP contribution in [0.15, 0.2) is 41.5 Å². The van der Waals surface area contributed by atoms with Crippen molar-refractivity contribution in [3.63, 3.8) is 0 Å². The summed E-state index contributed by atoms with van der Waals surface area (Å²) in [4.78, 5) is 33.4. The van der Waals surface area contributed by atoms with Crippen molar-refractivity contribution in [2.24, 2.45) is 0 Å². The zero-order valence-corrected chi connectivity index (χ0v) is 18.6. The number of H-pyrrole nitrogens is 1. The van der Waals surface area contributed by atoms with Crippen molar-refractivity contribution in [2.75, 3.05) is 13.2 Å². The first-order valence-corrected chi connectivity index (χ1v) is 10.5. The molecule has 164 valence electrons. The quantitative estimate of drug-likeness (QED) is 0.643. The molecule has 2 atom stereocenters. The number of rotatable bonds is 2. The van der Waals surface area contributed by atoms with Gasteiger partial charge in [0.15, 0.2) is 5.65 Å². The number of nitrogens with one attached hydrogen (secondary N) is 1. The Hall–Kier alpha value is -2.84. The van der Waals surface area contributed by atoms with Crippen LogP contribution in [0.4, 0.5) is 4.79 Å². The maximum absolute atomic E-state index is 12.8. The van der Waals surface area contributed by atoms with Crippen LogP contribution in [0.1, 0.15) is 39.3 Å². The second-order valence-corrected chi connectivity index (χ2v) is 9.04. The third-order valence-corrected chi connectivity index (χ3v) is 5.37. The first kappa shape index (κ1) is 21.4. The number of aromatic nitrogens is 3. The summed E-state index contributed by atoms with van der Waals surface area (Å²) in [5.74, 6) is 0. The molecule has 31 heavy (non-hydrogen) atoms. The molecule has 1 aliphatic heterocycles. The molecule has 0 spiro atoms. The minimum atomic E-state index is -0.579. The van der Waals surface area contributed by atoms with E-state index < -0.39 is 5.60 Å². The zero-order valence-electron chi connectivity index (χ0n) is 17.9. The highest BCUT2D eigenvalue weighted by Crippen LogP contribution is 2.30. The Labute approximate surface area is 184 Å². The van der Waals surface area contributed by atoms with Gasteiger partial charge in [-0.25, -0.2) is 9.78 Å². The van der Waals surface area contributed by atoms with E-state index in [-0.39, 0.29) is 23.8 Å². The molecule has 1 N–H and O–H groups in total. The summed E-state index contributed by atoms with van der Waals surface area (Å²) in [5.41, 5.74) is 1.33. The van der Waals surface area contributed by atoms with Crippen LogP contribution in [-0.4, -0.2) is 50.4 Å². The largest absolute Gasteiger partial charge is 0.444 e. The van der Waals surface area contributed by atoms with Gasteiger partial charge in [-0.15, -0.1) is 0 Å². The van der Waals surface area contributed by atoms with Crippen LogP contribution >= 0.6 is 11.6 Å². The second-order valence-electron chi connectivity index (χ2n) is 8.66. The minimum Gasteiger partial charge on any atom is -0.444 e. The van der Waals surface area contributed by atoms with Gasteiger partial charge in [-0.1, -0.05) is 23.7 Å². The van der Waals surface area contributed by atoms with Crippen molar-refractivity contribution in [3.05, 3.63) is 57.7 Å². The van der Waals surface area contributed by atoms with E-state index in [4.69, 9.17) is 21.1 Å². The molecule has 3 heterocycles. The highest BCUT2D eigenvalue weighted by molar-refractivity contribution is 6.31. The second kappa shape index (κ2) is 8.01. The van der Waals surface area contributed by atoms with Crippen molar-refractivity contribution in [2.45, 2.75) is 45.4 Å². The van der Waals surface area contributed by atoms with Gasteiger partial charge >= 0.3 is 6.09 Å². The number of carbonyl (C=O) groups is 1. The number of nitrogens with zero attached hydrogens (tertiary/aromatic N) is 3. The number of amides is 1. The van der Waals surface area contributed by atoms with E-state index in [0.717, 1.165) is 11.3 Å². The van der Waals surface area contributed by atoms with Crippen molar-refractivity contribution < 1.29 is 14.3 Å². The fourth-order valence-corrected chi connectivity index (χ4v) is 3.97. The number of hydrogen-bond acceptors (Lipinski definition) is 5. The van der Waals surface area contributed by atoms with Crippen molar-refractivity contribution in [3.8, 4) is 5.69 Å². The monoisotopic (exact) mass is 444 g/mol. The normalized spacial score (nSPS) is 19.6. The lowest BCUT2D eigenvalue weighted by Gasteiger charge is -2.39. The summed E-state index contributed by atoms with van der Waals surface area (Å²) in [7, 11) is 0. The molecule has 1 aromatic carbocycles. The first-order valence-electron chi connectivity index (χ1n) is 10.1. The van der Waals surface area contributed by atoms with Gasteiger partial charge in [0.2, 0.25) is 0 Å². The van der Waals surface area contributed by atoms with Crippen LogP contribution in [0.25, 0.3) is 16.7 Å². The molecule has 0 unspecified atom stereocenters. The summed E-state index contributed by atoms with van der Waals surface area (Å²) in [6, 6.07) is 8.94. The Morgan fingerprint density at radius 2 is 2.00 bits per heavy atom. The molecule has 1 fully saturated rings. The molecule has 0 radical (unpaired) electrons. The van der Waals surface area contributed by atoms with E-state index in [1.54, 1.807) is 15.5 Å². The van der Waals surface area contributed by atoms with E-state index in [1.165, 1.54) is 6.33 Å². The predicted molar refractivity (Wildman–Crippen MR) is 118 cm³/mol. The number of carbonyl (C=O) groups excluding carboxylic acids is 1. The Morgan fingerprint density at radius 1 is 1.29 bits per heavy atom. The van der Waals surface area contributed by atoms with Crippen LogP contribution in [-0.2, 0) is 9.47 Å². The lowest BCUT2D eigenvalue weighted by molar-refractivity contribution is -0.0644. The molecule has 4 rings (SSSR count). The standard InChI is InChI=1S/C22H25ClN4O4/c1-13-10-26(21(29)31-22(2,3)4)17(11-30-13)14-5-7-15(8-6-14)27-18(23)9-16-19(27)24-12-25-20(16)28/h5-9,12-13,17H,10-11H2,1-4H3,(H,24,25,28)/t13-,17-/m1/s1. The minimum absolute atomic E-state index is 0.0720. The lowest BCUT2D eigenvalue weighted by Crippen LogP contribution is -2.48. The maximum atomic E-state index is 12.8. The molecule has 1 aliphatic rings. The van der Waals surface area contributed by atoms with Gasteiger partial charge < -0.3 is 14.5 Å². The van der Waals surface area contributed by atoms with E-state index in [2.05, 4.69) is 9.97 Å². The number of hydrogen-bond donors (Lipinski definition) is 1. The van der Waals surface area contributed by atoms with Crippen molar-refractivity contribution in [1.29, 1.82) is 0 Å². The van der Waals surface area contributed by atoms with E-state index in [1.807, 2.05) is 52.0 Å². The topological polar surface area (TPSA) is 89.5 Å². The molecular weight excluding hydrogens is 420 g/mol. The van der Waals surface area contributed by atoms with Gasteiger partial charge in [0.05, 0.1) is 37.0 Å². The van der Waals surface area contributed by atoms with E-state index >= 15 is 0 Å². The molecule has 2 aromatic heterocycles. The molecule has 8 nitrogen and oxygen atoms in total. The van der Waals surface area contributed by atoms with Crippen LogP contribution in [0.2, 0.25) is 5.15 Å². The highest BCUT2D eigenvalue weighted by Gasteiger charge is 2.34. The molecule has 1 saturated heterocycles. The third-order valence-electron chi connectivity index (χ3n) is 5.09. The van der Waals surface area contributed by atoms with Crippen molar-refractivity contribution >= 4 is 28.7 Å². The molecular formula is C22H25ClN4O4. The average Bonchev–Trinajstić information content (AvgIpc) is 3.04. The lowest BCUT2D eigenvalue weighted by atomic mass is 10.0. The SMILES string of the molecule is C[C@@H]1CN(C(=O)OC(C)(C)C)[C@@H](c2ccc(-n3c(Cl)cc4c(=O)[nH]cnc43)cc2)CO1. The van der Waals surface area contributed by atoms with Gasteiger partial charge in [-0.3, -0.25) is 14.3 Å². The Bertz CT molecular complexity index is 1160. The summed E-state index contributed by atoms with van der Waals surface area (Å²) < 4.78 is 13.1. The zero-order chi connectivity index (χ0) is 22.3. The first-order chi connectivity index (χ1) is 14.6. The number of fused-ring (bicyclic) bond motifs is 1. The number of aromatic amines is 1. The number of ether oxygens (including phenoxy) is 2. The van der Waals surface area contributed by atoms with E-state index in [0.29, 0.717) is 29.3 Å². The fraction of sp³-hybridized carbons (Fsp3) is 0.409. The fourth-order valence-electron chi connectivity index (χ4n) is 3.69. The van der Waals surface area contributed by atoms with Crippen molar-refractivity contribution in [1.82, 2.24) is 19.4 Å². The Balaban J connectivity index is 1.66. The van der Waals surface area contributed by atoms with Gasteiger partial charge in [0.25, 0.3) is 5.56 Å². The predicted octanol–water partition coefficient (Wildman–Crippen LogP) is 4.06. The van der Waals surface area contributed by atoms with Crippen LogP contribution in [0.5, 0.6) is 0 Å². The maximum Gasteiger partial charge on any atom is 0.410 e. The molecule has 1 amide bonds. The molecule has 0 saturated carbocycles. The summed E-state index contributed by atoms with van der Waals surface area (Å²) in [6.07, 6.45) is 0.919. The van der Waals surface area contributed by atoms with Gasteiger partial charge in [0.1, 0.15) is 10.8 Å². The van der Waals surface area contributed by atoms with Crippen LogP contribution < -0.4 is 5.56 Å². The summed E-state index contributed by atoms with van der Waals surface area (Å²) in [5, 5.41) is 0.805.